The maximum atomic E-state index is 15.2. The second-order valence-corrected chi connectivity index (χ2v) is 10.1. The van der Waals surface area contributed by atoms with Crippen molar-refractivity contribution in [1.29, 1.82) is 0 Å². The molecular weight excluding hydrogens is 492 g/mol. The van der Waals surface area contributed by atoms with Crippen molar-refractivity contribution in [2.45, 2.75) is 71.1 Å². The van der Waals surface area contributed by atoms with Crippen molar-refractivity contribution >= 4 is 0 Å². The summed E-state index contributed by atoms with van der Waals surface area (Å²) < 4.78 is 69.6. The van der Waals surface area contributed by atoms with E-state index in [4.69, 9.17) is 9.47 Å². The van der Waals surface area contributed by atoms with Gasteiger partial charge in [0.25, 0.3) is 0 Å². The van der Waals surface area contributed by atoms with E-state index in [1.165, 1.54) is 6.07 Å². The molecule has 2 nitrogen and oxygen atoms in total. The third kappa shape index (κ3) is 6.51. The molecule has 0 atom stereocenters. The molecule has 1 aliphatic carbocycles. The molecule has 6 heteroatoms. The SMILES string of the molecule is CCCCOc1ccc(-c2ccc(C3CCC(CCc4ccc(OCC)c(F)c4F)CC3)c(F)c2F)cc1. The van der Waals surface area contributed by atoms with Crippen molar-refractivity contribution < 1.29 is 27.0 Å². The summed E-state index contributed by atoms with van der Waals surface area (Å²) in [4.78, 5) is 0. The Balaban J connectivity index is 1.34. The number of hydrogen-bond donors (Lipinski definition) is 0. The first kappa shape index (κ1) is 28.0. The van der Waals surface area contributed by atoms with Crippen LogP contribution in [0.25, 0.3) is 11.1 Å². The molecule has 204 valence electrons. The lowest BCUT2D eigenvalue weighted by molar-refractivity contribution is 0.301. The minimum Gasteiger partial charge on any atom is -0.494 e. The Kier molecular flexibility index (Phi) is 9.70. The zero-order chi connectivity index (χ0) is 27.1. The molecule has 1 aliphatic rings. The number of ether oxygens (including phenoxy) is 2. The van der Waals surface area contributed by atoms with Crippen molar-refractivity contribution in [2.75, 3.05) is 13.2 Å². The highest BCUT2D eigenvalue weighted by atomic mass is 19.2. The maximum absolute atomic E-state index is 15.2. The van der Waals surface area contributed by atoms with E-state index in [9.17, 15) is 8.78 Å². The number of unbranched alkanes of at least 4 members (excludes halogenated alkanes) is 1. The van der Waals surface area contributed by atoms with Crippen LogP contribution in [0.2, 0.25) is 0 Å². The standard InChI is InChI=1S/C32H36F4O2/c1-3-5-20-38-25-15-12-23(13-16-25)27-18-17-26(30(34)31(27)35)22-9-6-21(7-10-22)8-11-24-14-19-28(37-4-2)32(36)29(24)33/h12-19,21-22H,3-11,20H2,1-2H3. The average molecular weight is 529 g/mol. The molecule has 38 heavy (non-hydrogen) atoms. The highest BCUT2D eigenvalue weighted by Gasteiger charge is 2.27. The Morgan fingerprint density at radius 2 is 1.47 bits per heavy atom. The molecule has 0 saturated heterocycles. The molecular formula is C32H36F4O2. The Hall–Kier alpha value is -3.02. The monoisotopic (exact) mass is 528 g/mol. The quantitative estimate of drug-likeness (QED) is 0.182. The number of rotatable bonds is 11. The van der Waals surface area contributed by atoms with E-state index in [1.807, 2.05) is 0 Å². The van der Waals surface area contributed by atoms with Gasteiger partial charge < -0.3 is 9.47 Å². The van der Waals surface area contributed by atoms with Crippen LogP contribution in [-0.2, 0) is 6.42 Å². The molecule has 0 aromatic heterocycles. The van der Waals surface area contributed by atoms with Gasteiger partial charge in [-0.1, -0.05) is 43.7 Å². The van der Waals surface area contributed by atoms with Crippen LogP contribution in [0.4, 0.5) is 17.6 Å². The topological polar surface area (TPSA) is 18.5 Å². The molecule has 0 spiro atoms. The lowest BCUT2D eigenvalue weighted by Gasteiger charge is -2.29. The van der Waals surface area contributed by atoms with E-state index in [1.54, 1.807) is 49.4 Å². The summed E-state index contributed by atoms with van der Waals surface area (Å²) >= 11 is 0. The maximum Gasteiger partial charge on any atom is 0.200 e. The van der Waals surface area contributed by atoms with Crippen molar-refractivity contribution in [3.8, 4) is 22.6 Å². The van der Waals surface area contributed by atoms with Gasteiger partial charge in [0, 0.05) is 5.56 Å². The lowest BCUT2D eigenvalue weighted by Crippen LogP contribution is -2.16. The molecule has 0 aliphatic heterocycles. The normalized spacial score (nSPS) is 17.4. The molecule has 1 saturated carbocycles. The highest BCUT2D eigenvalue weighted by molar-refractivity contribution is 5.65. The summed E-state index contributed by atoms with van der Waals surface area (Å²) in [7, 11) is 0. The van der Waals surface area contributed by atoms with Crippen LogP contribution in [0.3, 0.4) is 0 Å². The van der Waals surface area contributed by atoms with E-state index in [2.05, 4.69) is 6.92 Å². The minimum absolute atomic E-state index is 0.0520. The van der Waals surface area contributed by atoms with E-state index in [0.717, 1.165) is 44.9 Å². The van der Waals surface area contributed by atoms with Crippen LogP contribution in [0.5, 0.6) is 11.5 Å². The van der Waals surface area contributed by atoms with E-state index < -0.39 is 23.3 Å². The molecule has 4 rings (SSSR count). The Morgan fingerprint density at radius 1 is 0.737 bits per heavy atom. The van der Waals surface area contributed by atoms with Gasteiger partial charge in [-0.05, 0) is 98.6 Å². The van der Waals surface area contributed by atoms with Gasteiger partial charge >= 0.3 is 0 Å². The predicted octanol–water partition coefficient (Wildman–Crippen LogP) is 9.39. The van der Waals surface area contributed by atoms with Crippen molar-refractivity contribution in [3.63, 3.8) is 0 Å². The molecule has 0 bridgehead atoms. The summed E-state index contributed by atoms with van der Waals surface area (Å²) in [5, 5.41) is 0. The van der Waals surface area contributed by atoms with Crippen molar-refractivity contribution in [3.05, 3.63) is 82.9 Å². The molecule has 3 aromatic rings. The van der Waals surface area contributed by atoms with Crippen LogP contribution in [0.15, 0.2) is 48.5 Å². The van der Waals surface area contributed by atoms with Gasteiger partial charge in [-0.15, -0.1) is 0 Å². The average Bonchev–Trinajstić information content (AvgIpc) is 2.93. The predicted molar refractivity (Wildman–Crippen MR) is 143 cm³/mol. The van der Waals surface area contributed by atoms with Gasteiger partial charge in [-0.2, -0.15) is 4.39 Å². The van der Waals surface area contributed by atoms with Crippen LogP contribution < -0.4 is 9.47 Å². The third-order valence-corrected chi connectivity index (χ3v) is 7.58. The van der Waals surface area contributed by atoms with Crippen molar-refractivity contribution in [2.24, 2.45) is 5.92 Å². The first-order chi connectivity index (χ1) is 18.4. The molecule has 0 heterocycles. The summed E-state index contributed by atoms with van der Waals surface area (Å²) in [5.74, 6) is -2.45. The van der Waals surface area contributed by atoms with Gasteiger partial charge in [-0.3, -0.25) is 0 Å². The Labute approximate surface area is 223 Å². The largest absolute Gasteiger partial charge is 0.494 e. The zero-order valence-electron chi connectivity index (χ0n) is 22.2. The second-order valence-electron chi connectivity index (χ2n) is 10.1. The molecule has 0 amide bonds. The van der Waals surface area contributed by atoms with Crippen molar-refractivity contribution in [1.82, 2.24) is 0 Å². The molecule has 0 unspecified atom stereocenters. The lowest BCUT2D eigenvalue weighted by atomic mass is 9.76. The fourth-order valence-corrected chi connectivity index (χ4v) is 5.32. The number of benzene rings is 3. The first-order valence-corrected chi connectivity index (χ1v) is 13.7. The molecule has 1 fully saturated rings. The molecule has 0 N–H and O–H groups in total. The van der Waals surface area contributed by atoms with E-state index >= 15 is 8.78 Å². The number of halogens is 4. The summed E-state index contributed by atoms with van der Waals surface area (Å²) in [5.41, 5.74) is 1.61. The molecule has 0 radical (unpaired) electrons. The van der Waals surface area contributed by atoms with Crippen LogP contribution in [0.1, 0.15) is 75.8 Å². The highest BCUT2D eigenvalue weighted by Crippen LogP contribution is 2.40. The summed E-state index contributed by atoms with van der Waals surface area (Å²) in [6.45, 7) is 4.72. The Morgan fingerprint density at radius 3 is 2.16 bits per heavy atom. The molecule has 3 aromatic carbocycles. The fourth-order valence-electron chi connectivity index (χ4n) is 5.32. The van der Waals surface area contributed by atoms with Crippen LogP contribution in [0, 0.1) is 29.2 Å². The second kappa shape index (κ2) is 13.2. The van der Waals surface area contributed by atoms with Gasteiger partial charge in [0.05, 0.1) is 13.2 Å². The number of hydrogen-bond acceptors (Lipinski definition) is 2. The number of aryl methyl sites for hydroxylation is 1. The van der Waals surface area contributed by atoms with Crippen LogP contribution >= 0.6 is 0 Å². The fraction of sp³-hybridized carbons (Fsp3) is 0.438. The van der Waals surface area contributed by atoms with E-state index in [-0.39, 0.29) is 23.8 Å². The van der Waals surface area contributed by atoms with Gasteiger partial charge in [0.2, 0.25) is 5.82 Å². The van der Waals surface area contributed by atoms with E-state index in [0.29, 0.717) is 41.4 Å². The van der Waals surface area contributed by atoms with Gasteiger partial charge in [-0.25, -0.2) is 13.2 Å². The third-order valence-electron chi connectivity index (χ3n) is 7.58. The summed E-state index contributed by atoms with van der Waals surface area (Å²) in [6, 6.07) is 13.5. The minimum atomic E-state index is -0.940. The van der Waals surface area contributed by atoms with Gasteiger partial charge in [0.15, 0.2) is 23.2 Å². The first-order valence-electron chi connectivity index (χ1n) is 13.7. The van der Waals surface area contributed by atoms with Gasteiger partial charge in [0.1, 0.15) is 5.75 Å². The van der Waals surface area contributed by atoms with Crippen LogP contribution in [-0.4, -0.2) is 13.2 Å². The Bertz CT molecular complexity index is 1200. The zero-order valence-corrected chi connectivity index (χ0v) is 22.2. The summed E-state index contributed by atoms with van der Waals surface area (Å²) in [6.07, 6.45) is 6.33. The smallest absolute Gasteiger partial charge is 0.200 e.